The van der Waals surface area contributed by atoms with Gasteiger partial charge in [-0.1, -0.05) is 30.3 Å². The predicted octanol–water partition coefficient (Wildman–Crippen LogP) is 2.54. The standard InChI is InChI=1S/C30H30O14/c1-15(31)37-14-23-26(39-16(2)32)27(40-17(3)33)28(41-18(4)34)30(44-23)42-20-10-11-21-22(12-20)43-29(36)24(35)25(21)38-13-19-8-6-5-7-9-19/h5-12,23,26-28,30,35H,13-14H2,1-4H3/t23-,26-,27+,28-,30-/m1/s1. The van der Waals surface area contributed by atoms with E-state index in [2.05, 4.69) is 0 Å². The number of carbonyl (C=O) groups is 4. The highest BCUT2D eigenvalue weighted by atomic mass is 16.7. The SMILES string of the molecule is CC(=O)OC[C@H]1O[C@@H](Oc2ccc3c(OCc4ccccc4)c(O)c(=O)oc3c2)[C@H](OC(C)=O)[C@@H](OC(C)=O)[C@@H]1OC(C)=O. The summed E-state index contributed by atoms with van der Waals surface area (Å²) in [5, 5.41) is 10.6. The number of aromatic hydroxyl groups is 1. The summed E-state index contributed by atoms with van der Waals surface area (Å²) in [5.74, 6) is -3.85. The Morgan fingerprint density at radius 3 is 2.09 bits per heavy atom. The molecule has 3 aromatic rings. The fraction of sp³-hybridized carbons (Fsp3) is 0.367. The highest BCUT2D eigenvalue weighted by molar-refractivity contribution is 5.86. The number of fused-ring (bicyclic) bond motifs is 1. The second-order valence-corrected chi connectivity index (χ2v) is 9.68. The van der Waals surface area contributed by atoms with Crippen LogP contribution in [0.1, 0.15) is 33.3 Å². The summed E-state index contributed by atoms with van der Waals surface area (Å²) in [4.78, 5) is 60.0. The Morgan fingerprint density at radius 2 is 1.45 bits per heavy atom. The zero-order valence-corrected chi connectivity index (χ0v) is 24.2. The maximum Gasteiger partial charge on any atom is 0.382 e. The third-order valence-electron chi connectivity index (χ3n) is 6.24. The number of hydrogen-bond acceptors (Lipinski definition) is 14. The van der Waals surface area contributed by atoms with E-state index >= 15 is 0 Å². The van der Waals surface area contributed by atoms with Crippen molar-refractivity contribution in [2.45, 2.75) is 65.0 Å². The summed E-state index contributed by atoms with van der Waals surface area (Å²) < 4.78 is 44.1. The molecule has 1 aromatic heterocycles. The number of hydrogen-bond donors (Lipinski definition) is 1. The first-order valence-electron chi connectivity index (χ1n) is 13.4. The minimum Gasteiger partial charge on any atom is -0.499 e. The van der Waals surface area contributed by atoms with E-state index in [9.17, 15) is 29.1 Å². The van der Waals surface area contributed by atoms with Crippen LogP contribution in [-0.4, -0.2) is 66.3 Å². The molecule has 2 heterocycles. The zero-order chi connectivity index (χ0) is 32.0. The summed E-state index contributed by atoms with van der Waals surface area (Å²) >= 11 is 0. The first-order valence-corrected chi connectivity index (χ1v) is 13.4. The van der Waals surface area contributed by atoms with Crippen LogP contribution in [0.4, 0.5) is 0 Å². The normalized spacial score (nSPS) is 21.1. The van der Waals surface area contributed by atoms with Gasteiger partial charge in [-0.2, -0.15) is 0 Å². The smallest absolute Gasteiger partial charge is 0.382 e. The van der Waals surface area contributed by atoms with Gasteiger partial charge in [0.1, 0.15) is 30.7 Å². The molecule has 234 valence electrons. The molecule has 14 nitrogen and oxygen atoms in total. The molecule has 1 fully saturated rings. The molecule has 0 aliphatic carbocycles. The van der Waals surface area contributed by atoms with E-state index < -0.39 is 72.6 Å². The Hall–Kier alpha value is -5.11. The van der Waals surface area contributed by atoms with Crippen LogP contribution in [0.5, 0.6) is 17.2 Å². The Morgan fingerprint density at radius 1 is 0.818 bits per heavy atom. The van der Waals surface area contributed by atoms with E-state index in [1.54, 1.807) is 0 Å². The molecule has 14 heteroatoms. The van der Waals surface area contributed by atoms with Crippen molar-refractivity contribution in [3.63, 3.8) is 0 Å². The minimum atomic E-state index is -1.51. The molecule has 1 N–H and O–H groups in total. The van der Waals surface area contributed by atoms with Crippen molar-refractivity contribution < 1.29 is 61.9 Å². The van der Waals surface area contributed by atoms with Gasteiger partial charge in [-0.25, -0.2) is 4.79 Å². The van der Waals surface area contributed by atoms with Gasteiger partial charge >= 0.3 is 29.5 Å². The number of carbonyl (C=O) groups excluding carboxylic acids is 4. The van der Waals surface area contributed by atoms with E-state index in [0.29, 0.717) is 0 Å². The highest BCUT2D eigenvalue weighted by Gasteiger charge is 2.53. The zero-order valence-electron chi connectivity index (χ0n) is 24.2. The van der Waals surface area contributed by atoms with Gasteiger partial charge in [0.15, 0.2) is 18.0 Å². The lowest BCUT2D eigenvalue weighted by Gasteiger charge is -2.43. The molecule has 5 atom stereocenters. The van der Waals surface area contributed by atoms with E-state index in [1.807, 2.05) is 30.3 Å². The van der Waals surface area contributed by atoms with E-state index in [4.69, 9.17) is 37.6 Å². The van der Waals surface area contributed by atoms with Gasteiger partial charge in [-0.15, -0.1) is 0 Å². The highest BCUT2D eigenvalue weighted by Crippen LogP contribution is 2.36. The second kappa shape index (κ2) is 13.9. The van der Waals surface area contributed by atoms with Gasteiger partial charge in [0.2, 0.25) is 18.1 Å². The molecule has 0 spiro atoms. The molecule has 4 rings (SSSR count). The van der Waals surface area contributed by atoms with Crippen molar-refractivity contribution in [3.8, 4) is 17.2 Å². The molecule has 1 aliphatic heterocycles. The summed E-state index contributed by atoms with van der Waals surface area (Å²) in [6.07, 6.45) is -7.00. The number of ether oxygens (including phenoxy) is 7. The summed E-state index contributed by atoms with van der Waals surface area (Å²) in [7, 11) is 0. The van der Waals surface area contributed by atoms with E-state index in [-0.39, 0.29) is 29.1 Å². The molecule has 0 saturated carbocycles. The number of rotatable bonds is 10. The molecule has 1 saturated heterocycles. The van der Waals surface area contributed by atoms with Crippen molar-refractivity contribution in [2.75, 3.05) is 6.61 Å². The fourth-order valence-electron chi connectivity index (χ4n) is 4.51. The van der Waals surface area contributed by atoms with Crippen LogP contribution in [0.25, 0.3) is 11.0 Å². The van der Waals surface area contributed by atoms with Crippen LogP contribution in [0, 0.1) is 0 Å². The van der Waals surface area contributed by atoms with Crippen LogP contribution in [-0.2, 0) is 49.5 Å². The van der Waals surface area contributed by atoms with Crippen molar-refractivity contribution in [2.24, 2.45) is 0 Å². The van der Waals surface area contributed by atoms with Gasteiger partial charge < -0.3 is 42.7 Å². The Labute approximate surface area is 250 Å². The summed E-state index contributed by atoms with van der Waals surface area (Å²) in [5.41, 5.74) is -0.305. The van der Waals surface area contributed by atoms with Crippen LogP contribution in [0.15, 0.2) is 57.7 Å². The molecule has 0 bridgehead atoms. The number of esters is 4. The van der Waals surface area contributed by atoms with Gasteiger partial charge in [-0.05, 0) is 17.7 Å². The third-order valence-corrected chi connectivity index (χ3v) is 6.24. The average Bonchev–Trinajstić information content (AvgIpc) is 2.95. The molecule has 2 aromatic carbocycles. The molecular formula is C30H30O14. The Kier molecular flexibility index (Phi) is 10.1. The molecule has 1 aliphatic rings. The summed E-state index contributed by atoms with van der Waals surface area (Å²) in [6.45, 7) is 4.07. The van der Waals surface area contributed by atoms with Crippen LogP contribution in [0.2, 0.25) is 0 Å². The van der Waals surface area contributed by atoms with Crippen molar-refractivity contribution in [1.82, 2.24) is 0 Å². The van der Waals surface area contributed by atoms with Crippen molar-refractivity contribution in [3.05, 3.63) is 64.5 Å². The molecule has 0 radical (unpaired) electrons. The topological polar surface area (TPSA) is 183 Å². The monoisotopic (exact) mass is 614 g/mol. The third kappa shape index (κ3) is 7.83. The van der Waals surface area contributed by atoms with Crippen LogP contribution < -0.4 is 15.1 Å². The number of benzene rings is 2. The Balaban J connectivity index is 1.69. The lowest BCUT2D eigenvalue weighted by Crippen LogP contribution is -2.63. The van der Waals surface area contributed by atoms with Gasteiger partial charge in [0, 0.05) is 33.8 Å². The Bertz CT molecular complexity index is 1580. The molecular weight excluding hydrogens is 584 g/mol. The molecule has 0 unspecified atom stereocenters. The van der Waals surface area contributed by atoms with Gasteiger partial charge in [-0.3, -0.25) is 19.2 Å². The van der Waals surface area contributed by atoms with Crippen LogP contribution in [0.3, 0.4) is 0 Å². The predicted molar refractivity (Wildman–Crippen MR) is 148 cm³/mol. The van der Waals surface area contributed by atoms with Crippen LogP contribution >= 0.6 is 0 Å². The minimum absolute atomic E-state index is 0.0287. The van der Waals surface area contributed by atoms with Crippen molar-refractivity contribution in [1.29, 1.82) is 0 Å². The fourth-order valence-corrected chi connectivity index (χ4v) is 4.51. The largest absolute Gasteiger partial charge is 0.499 e. The maximum absolute atomic E-state index is 12.4. The first kappa shape index (κ1) is 31.8. The van der Waals surface area contributed by atoms with E-state index in [1.165, 1.54) is 18.2 Å². The van der Waals surface area contributed by atoms with Gasteiger partial charge in [0.25, 0.3) is 0 Å². The van der Waals surface area contributed by atoms with E-state index in [0.717, 1.165) is 33.3 Å². The first-order chi connectivity index (χ1) is 20.9. The summed E-state index contributed by atoms with van der Waals surface area (Å²) in [6, 6.07) is 13.3. The maximum atomic E-state index is 12.4. The van der Waals surface area contributed by atoms with Crippen molar-refractivity contribution >= 4 is 34.8 Å². The van der Waals surface area contributed by atoms with Gasteiger partial charge in [0.05, 0.1) is 5.39 Å². The lowest BCUT2D eigenvalue weighted by atomic mass is 9.98. The quantitative estimate of drug-likeness (QED) is 0.200. The second-order valence-electron chi connectivity index (χ2n) is 9.68. The molecule has 0 amide bonds. The lowest BCUT2D eigenvalue weighted by molar-refractivity contribution is -0.288. The average molecular weight is 615 g/mol. The molecule has 44 heavy (non-hydrogen) atoms.